The second-order valence-corrected chi connectivity index (χ2v) is 6.82. The zero-order valence-electron chi connectivity index (χ0n) is 17.5. The van der Waals surface area contributed by atoms with Crippen LogP contribution in [0.2, 0.25) is 10.0 Å². The Bertz CT molecular complexity index is 1010. The number of azo groups is 1. The van der Waals surface area contributed by atoms with Crippen molar-refractivity contribution in [3.05, 3.63) is 34.3 Å². The Balaban J connectivity index is 2.35. The largest absolute Gasteiger partial charge is 0.495 e. The molecule has 1 N–H and O–H groups in total. The molecule has 0 aromatic heterocycles. The normalized spacial score (nSPS) is 11.7. The molecule has 1 amide bonds. The molecular weight excluding hydrogens is 449 g/mol. The number of nitrogens with one attached hydrogen (secondary N) is 1. The van der Waals surface area contributed by atoms with Gasteiger partial charge in [-0.2, -0.15) is 10.2 Å². The number of carbonyl (C=O) groups is 2. The molecule has 0 saturated heterocycles. The van der Waals surface area contributed by atoms with E-state index in [1.807, 2.05) is 0 Å². The molecule has 11 heteroatoms. The Hall–Kier alpha value is -3.04. The summed E-state index contributed by atoms with van der Waals surface area (Å²) in [6, 6.07) is 4.61. The number of carbonyl (C=O) groups excluding carboxylic acids is 2. The number of nitrogens with zero attached hydrogens (tertiary/aromatic N) is 2. The number of Topliss-reactive ketones (excluding diaryl/α,β-unsaturated/α-hetero) is 1. The first-order valence-corrected chi connectivity index (χ1v) is 9.57. The first-order chi connectivity index (χ1) is 14.8. The minimum absolute atomic E-state index is 0.168. The summed E-state index contributed by atoms with van der Waals surface area (Å²) in [7, 11) is 5.70. The van der Waals surface area contributed by atoms with Crippen LogP contribution in [0.3, 0.4) is 0 Å². The summed E-state index contributed by atoms with van der Waals surface area (Å²) in [6.45, 7) is 1.22. The predicted molar refractivity (Wildman–Crippen MR) is 117 cm³/mol. The molecule has 31 heavy (non-hydrogen) atoms. The van der Waals surface area contributed by atoms with Crippen molar-refractivity contribution in [2.45, 2.75) is 13.0 Å². The van der Waals surface area contributed by atoms with Gasteiger partial charge in [-0.05, 0) is 19.1 Å². The molecule has 0 aliphatic rings. The van der Waals surface area contributed by atoms with Crippen LogP contribution in [0, 0.1) is 0 Å². The Morgan fingerprint density at radius 2 is 1.58 bits per heavy atom. The number of ketones is 1. The van der Waals surface area contributed by atoms with Gasteiger partial charge >= 0.3 is 0 Å². The Kier molecular flexibility index (Phi) is 8.47. The monoisotopic (exact) mass is 469 g/mol. The second-order valence-electron chi connectivity index (χ2n) is 6.04. The van der Waals surface area contributed by atoms with E-state index in [0.29, 0.717) is 22.3 Å². The van der Waals surface area contributed by atoms with Crippen molar-refractivity contribution in [2.24, 2.45) is 10.2 Å². The molecule has 0 saturated carbocycles. The van der Waals surface area contributed by atoms with Crippen molar-refractivity contribution in [3.8, 4) is 23.0 Å². The summed E-state index contributed by atoms with van der Waals surface area (Å²) in [5.41, 5.74) is 0.471. The maximum absolute atomic E-state index is 12.7. The van der Waals surface area contributed by atoms with Crippen LogP contribution in [-0.2, 0) is 9.59 Å². The standard InChI is InChI=1S/C20H21Cl2N3O6/c1-10(26)18(25-24-13-9-15(29-3)11(21)8-16(13)30-4)20(27)23-12-6-7-14(28-2)17(22)19(12)31-5/h6-9,18H,1-5H3,(H,23,27). The smallest absolute Gasteiger partial charge is 0.258 e. The van der Waals surface area contributed by atoms with Gasteiger partial charge in [-0.3, -0.25) is 9.59 Å². The molecule has 2 aromatic rings. The highest BCUT2D eigenvalue weighted by Gasteiger charge is 2.25. The van der Waals surface area contributed by atoms with Gasteiger partial charge in [0.2, 0.25) is 6.04 Å². The number of rotatable bonds is 9. The van der Waals surface area contributed by atoms with E-state index in [0.717, 1.165) is 0 Å². The Morgan fingerprint density at radius 1 is 0.935 bits per heavy atom. The molecule has 0 aliphatic heterocycles. The van der Waals surface area contributed by atoms with E-state index in [2.05, 4.69) is 15.5 Å². The van der Waals surface area contributed by atoms with Crippen LogP contribution in [0.1, 0.15) is 6.92 Å². The number of amides is 1. The van der Waals surface area contributed by atoms with Crippen LogP contribution < -0.4 is 24.3 Å². The molecular formula is C20H21Cl2N3O6. The van der Waals surface area contributed by atoms with Crippen LogP contribution in [0.5, 0.6) is 23.0 Å². The molecule has 166 valence electrons. The van der Waals surface area contributed by atoms with Crippen LogP contribution in [0.4, 0.5) is 11.4 Å². The minimum Gasteiger partial charge on any atom is -0.495 e. The summed E-state index contributed by atoms with van der Waals surface area (Å²) in [4.78, 5) is 24.8. The van der Waals surface area contributed by atoms with Gasteiger partial charge in [0.25, 0.3) is 5.91 Å². The number of methoxy groups -OCH3 is 4. The molecule has 0 heterocycles. The summed E-state index contributed by atoms with van der Waals surface area (Å²) in [5.74, 6) is -0.0880. The number of hydrogen-bond acceptors (Lipinski definition) is 8. The highest BCUT2D eigenvalue weighted by Crippen LogP contribution is 2.40. The first-order valence-electron chi connectivity index (χ1n) is 8.81. The van der Waals surface area contributed by atoms with Crippen molar-refractivity contribution in [1.82, 2.24) is 0 Å². The van der Waals surface area contributed by atoms with Gasteiger partial charge in [0.05, 0.1) is 39.1 Å². The fourth-order valence-corrected chi connectivity index (χ4v) is 3.11. The third-order valence-electron chi connectivity index (χ3n) is 4.11. The predicted octanol–water partition coefficient (Wildman–Crippen LogP) is 4.71. The van der Waals surface area contributed by atoms with E-state index in [1.54, 1.807) is 6.07 Å². The van der Waals surface area contributed by atoms with Crippen LogP contribution in [0.25, 0.3) is 0 Å². The zero-order chi connectivity index (χ0) is 23.1. The van der Waals surface area contributed by atoms with E-state index in [9.17, 15) is 9.59 Å². The average molecular weight is 470 g/mol. The molecule has 9 nitrogen and oxygen atoms in total. The lowest BCUT2D eigenvalue weighted by atomic mass is 10.2. The Labute approximate surface area is 189 Å². The number of benzene rings is 2. The lowest BCUT2D eigenvalue weighted by Crippen LogP contribution is -2.32. The van der Waals surface area contributed by atoms with Crippen molar-refractivity contribution in [1.29, 1.82) is 0 Å². The number of hydrogen-bond donors (Lipinski definition) is 1. The van der Waals surface area contributed by atoms with Crippen molar-refractivity contribution < 1.29 is 28.5 Å². The van der Waals surface area contributed by atoms with E-state index < -0.39 is 17.7 Å². The summed E-state index contributed by atoms with van der Waals surface area (Å²) < 4.78 is 20.7. The third-order valence-corrected chi connectivity index (χ3v) is 4.76. The highest BCUT2D eigenvalue weighted by atomic mass is 35.5. The van der Waals surface area contributed by atoms with Gasteiger partial charge < -0.3 is 24.3 Å². The van der Waals surface area contributed by atoms with Gasteiger partial charge in [-0.25, -0.2) is 0 Å². The quantitative estimate of drug-likeness (QED) is 0.420. The molecule has 2 rings (SSSR count). The number of anilines is 1. The molecule has 1 unspecified atom stereocenters. The van der Waals surface area contributed by atoms with E-state index >= 15 is 0 Å². The lowest BCUT2D eigenvalue weighted by molar-refractivity contribution is -0.126. The topological polar surface area (TPSA) is 108 Å². The van der Waals surface area contributed by atoms with E-state index in [-0.39, 0.29) is 22.1 Å². The minimum atomic E-state index is -1.43. The fraction of sp³-hybridized carbons (Fsp3) is 0.300. The van der Waals surface area contributed by atoms with Gasteiger partial charge in [0.1, 0.15) is 28.0 Å². The third kappa shape index (κ3) is 5.56. The summed E-state index contributed by atoms with van der Waals surface area (Å²) >= 11 is 12.3. The second kappa shape index (κ2) is 10.8. The number of ether oxygens (including phenoxy) is 4. The molecule has 1 atom stereocenters. The van der Waals surface area contributed by atoms with E-state index in [1.165, 1.54) is 53.6 Å². The number of halogens is 2. The summed E-state index contributed by atoms with van der Waals surface area (Å²) in [5, 5.41) is 11.0. The van der Waals surface area contributed by atoms with Gasteiger partial charge in [-0.15, -0.1) is 0 Å². The molecule has 0 fully saturated rings. The average Bonchev–Trinajstić information content (AvgIpc) is 2.74. The Morgan fingerprint density at radius 3 is 2.13 bits per heavy atom. The highest BCUT2D eigenvalue weighted by molar-refractivity contribution is 6.34. The van der Waals surface area contributed by atoms with Gasteiger partial charge in [0.15, 0.2) is 11.5 Å². The van der Waals surface area contributed by atoms with Crippen LogP contribution >= 0.6 is 23.2 Å². The first kappa shape index (κ1) is 24.2. The van der Waals surface area contributed by atoms with Gasteiger partial charge in [-0.1, -0.05) is 23.2 Å². The maximum Gasteiger partial charge on any atom is 0.258 e. The molecule has 0 bridgehead atoms. The zero-order valence-corrected chi connectivity index (χ0v) is 19.0. The van der Waals surface area contributed by atoms with Crippen molar-refractivity contribution >= 4 is 46.3 Å². The lowest BCUT2D eigenvalue weighted by Gasteiger charge is -2.15. The van der Waals surface area contributed by atoms with Crippen molar-refractivity contribution in [3.63, 3.8) is 0 Å². The molecule has 0 radical (unpaired) electrons. The van der Waals surface area contributed by atoms with Crippen molar-refractivity contribution in [2.75, 3.05) is 33.8 Å². The van der Waals surface area contributed by atoms with Crippen LogP contribution in [0.15, 0.2) is 34.5 Å². The fourth-order valence-electron chi connectivity index (χ4n) is 2.56. The molecule has 0 aliphatic carbocycles. The van der Waals surface area contributed by atoms with Gasteiger partial charge in [0, 0.05) is 12.1 Å². The molecule has 0 spiro atoms. The van der Waals surface area contributed by atoms with Crippen LogP contribution in [-0.4, -0.2) is 46.2 Å². The summed E-state index contributed by atoms with van der Waals surface area (Å²) in [6.07, 6.45) is 0. The molecule has 2 aromatic carbocycles. The maximum atomic E-state index is 12.7. The van der Waals surface area contributed by atoms with E-state index in [4.69, 9.17) is 42.1 Å². The SMILES string of the molecule is COc1cc(N=NC(C(C)=O)C(=O)Nc2ccc(OC)c(Cl)c2OC)c(OC)cc1Cl.